The first-order chi connectivity index (χ1) is 7.59. The summed E-state index contributed by atoms with van der Waals surface area (Å²) in [6.45, 7) is 3.92. The number of carboxylic acids is 1. The minimum atomic E-state index is -0.874. The Morgan fingerprint density at radius 2 is 2.12 bits per heavy atom. The summed E-state index contributed by atoms with van der Waals surface area (Å²) in [7, 11) is 0. The quantitative estimate of drug-likeness (QED) is 0.867. The van der Waals surface area contributed by atoms with Gasteiger partial charge in [-0.3, -0.25) is 4.98 Å². The standard InChI is InChI=1S/C12H11NO2S/c1-7-3-4-13-6-9(7)11-8(2)5-10(16-11)12(14)15/h3-6H,1-2H3,(H,14,15). The van der Waals surface area contributed by atoms with Gasteiger partial charge in [0, 0.05) is 22.8 Å². The van der Waals surface area contributed by atoms with E-state index in [-0.39, 0.29) is 0 Å². The monoisotopic (exact) mass is 233 g/mol. The lowest BCUT2D eigenvalue weighted by Crippen LogP contribution is -1.89. The Balaban J connectivity index is 2.57. The number of pyridine rings is 1. The molecule has 4 heteroatoms. The van der Waals surface area contributed by atoms with Crippen molar-refractivity contribution in [3.8, 4) is 10.4 Å². The number of carbonyl (C=O) groups is 1. The van der Waals surface area contributed by atoms with Gasteiger partial charge >= 0.3 is 5.97 Å². The van der Waals surface area contributed by atoms with Gasteiger partial charge in [-0.25, -0.2) is 4.79 Å². The van der Waals surface area contributed by atoms with Gasteiger partial charge in [-0.05, 0) is 37.1 Å². The Labute approximate surface area is 97.4 Å². The molecule has 0 aliphatic heterocycles. The van der Waals surface area contributed by atoms with Crippen LogP contribution in [0.3, 0.4) is 0 Å². The molecule has 2 aromatic heterocycles. The number of hydrogen-bond donors (Lipinski definition) is 1. The molecule has 0 fully saturated rings. The fraction of sp³-hybridized carbons (Fsp3) is 0.167. The highest BCUT2D eigenvalue weighted by molar-refractivity contribution is 7.17. The van der Waals surface area contributed by atoms with Crippen LogP contribution in [0.4, 0.5) is 0 Å². The summed E-state index contributed by atoms with van der Waals surface area (Å²) in [5.74, 6) is -0.874. The van der Waals surface area contributed by atoms with E-state index in [2.05, 4.69) is 4.98 Å². The fourth-order valence-electron chi connectivity index (χ4n) is 1.56. The number of rotatable bonds is 2. The molecule has 0 radical (unpaired) electrons. The largest absolute Gasteiger partial charge is 0.477 e. The maximum absolute atomic E-state index is 10.9. The molecule has 3 nitrogen and oxygen atoms in total. The molecule has 16 heavy (non-hydrogen) atoms. The second-order valence-electron chi connectivity index (χ2n) is 3.62. The molecule has 0 aromatic carbocycles. The molecule has 0 saturated heterocycles. The predicted octanol–water partition coefficient (Wildman–Crippen LogP) is 3.13. The van der Waals surface area contributed by atoms with Crippen LogP contribution < -0.4 is 0 Å². The van der Waals surface area contributed by atoms with Crippen LogP contribution in [0.2, 0.25) is 0 Å². The van der Waals surface area contributed by atoms with Gasteiger partial charge < -0.3 is 5.11 Å². The Morgan fingerprint density at radius 3 is 2.69 bits per heavy atom. The van der Waals surface area contributed by atoms with Gasteiger partial charge in [0.25, 0.3) is 0 Å². The topological polar surface area (TPSA) is 50.2 Å². The second kappa shape index (κ2) is 4.06. The molecule has 0 spiro atoms. The van der Waals surface area contributed by atoms with Gasteiger partial charge in [0.15, 0.2) is 0 Å². The average molecular weight is 233 g/mol. The lowest BCUT2D eigenvalue weighted by molar-refractivity contribution is 0.0702. The maximum Gasteiger partial charge on any atom is 0.345 e. The van der Waals surface area contributed by atoms with Crippen LogP contribution in [0, 0.1) is 13.8 Å². The summed E-state index contributed by atoms with van der Waals surface area (Å²) in [5.41, 5.74) is 3.10. The lowest BCUT2D eigenvalue weighted by Gasteiger charge is -2.02. The SMILES string of the molecule is Cc1ccncc1-c1sc(C(=O)O)cc1C. The predicted molar refractivity (Wildman–Crippen MR) is 64.0 cm³/mol. The zero-order valence-corrected chi connectivity index (χ0v) is 9.84. The molecule has 0 amide bonds. The molecule has 2 rings (SSSR count). The first kappa shape index (κ1) is 10.8. The second-order valence-corrected chi connectivity index (χ2v) is 4.67. The summed E-state index contributed by atoms with van der Waals surface area (Å²) >= 11 is 1.30. The minimum Gasteiger partial charge on any atom is -0.477 e. The van der Waals surface area contributed by atoms with E-state index >= 15 is 0 Å². The van der Waals surface area contributed by atoms with E-state index in [1.165, 1.54) is 11.3 Å². The summed E-state index contributed by atoms with van der Waals surface area (Å²) < 4.78 is 0. The first-order valence-electron chi connectivity index (χ1n) is 4.84. The molecule has 0 aliphatic carbocycles. The molecule has 82 valence electrons. The number of aromatic nitrogens is 1. The van der Waals surface area contributed by atoms with E-state index in [1.54, 1.807) is 18.5 Å². The van der Waals surface area contributed by atoms with Gasteiger partial charge in [0.2, 0.25) is 0 Å². The van der Waals surface area contributed by atoms with E-state index < -0.39 is 5.97 Å². The average Bonchev–Trinajstić information content (AvgIpc) is 2.61. The molecular weight excluding hydrogens is 222 g/mol. The van der Waals surface area contributed by atoms with Crippen LogP contribution in [0.15, 0.2) is 24.5 Å². The number of aryl methyl sites for hydroxylation is 2. The van der Waals surface area contributed by atoms with E-state index in [4.69, 9.17) is 5.11 Å². The van der Waals surface area contributed by atoms with Crippen molar-refractivity contribution in [3.63, 3.8) is 0 Å². The van der Waals surface area contributed by atoms with Crippen LogP contribution >= 0.6 is 11.3 Å². The van der Waals surface area contributed by atoms with Gasteiger partial charge in [-0.1, -0.05) is 0 Å². The zero-order valence-electron chi connectivity index (χ0n) is 9.02. The van der Waals surface area contributed by atoms with E-state index in [1.807, 2.05) is 19.9 Å². The molecule has 0 aliphatic rings. The van der Waals surface area contributed by atoms with Crippen molar-refractivity contribution in [1.29, 1.82) is 0 Å². The molecule has 2 aromatic rings. The van der Waals surface area contributed by atoms with Crippen molar-refractivity contribution in [2.24, 2.45) is 0 Å². The number of aromatic carboxylic acids is 1. The highest BCUT2D eigenvalue weighted by Gasteiger charge is 2.13. The molecule has 0 saturated carbocycles. The zero-order chi connectivity index (χ0) is 11.7. The molecule has 0 bridgehead atoms. The lowest BCUT2D eigenvalue weighted by atomic mass is 10.1. The van der Waals surface area contributed by atoms with Crippen LogP contribution in [-0.2, 0) is 0 Å². The van der Waals surface area contributed by atoms with Gasteiger partial charge in [-0.15, -0.1) is 11.3 Å². The third-order valence-corrected chi connectivity index (χ3v) is 3.67. The minimum absolute atomic E-state index is 0.371. The Morgan fingerprint density at radius 1 is 1.38 bits per heavy atom. The summed E-state index contributed by atoms with van der Waals surface area (Å²) in [6.07, 6.45) is 3.51. The summed E-state index contributed by atoms with van der Waals surface area (Å²) in [4.78, 5) is 16.3. The molecule has 2 heterocycles. The van der Waals surface area contributed by atoms with Crippen molar-refractivity contribution >= 4 is 17.3 Å². The van der Waals surface area contributed by atoms with Gasteiger partial charge in [0.1, 0.15) is 4.88 Å². The normalized spacial score (nSPS) is 10.4. The van der Waals surface area contributed by atoms with Gasteiger partial charge in [0.05, 0.1) is 0 Å². The van der Waals surface area contributed by atoms with Crippen molar-refractivity contribution in [2.45, 2.75) is 13.8 Å². The van der Waals surface area contributed by atoms with Crippen molar-refractivity contribution in [2.75, 3.05) is 0 Å². The van der Waals surface area contributed by atoms with Crippen LogP contribution in [-0.4, -0.2) is 16.1 Å². The first-order valence-corrected chi connectivity index (χ1v) is 5.66. The van der Waals surface area contributed by atoms with E-state index in [0.29, 0.717) is 4.88 Å². The molecule has 1 N–H and O–H groups in total. The van der Waals surface area contributed by atoms with Crippen LogP contribution in [0.25, 0.3) is 10.4 Å². The van der Waals surface area contributed by atoms with Crippen molar-refractivity contribution in [3.05, 3.63) is 40.5 Å². The molecule has 0 unspecified atom stereocenters. The number of thiophene rings is 1. The number of nitrogens with zero attached hydrogens (tertiary/aromatic N) is 1. The third kappa shape index (κ3) is 1.84. The fourth-order valence-corrected chi connectivity index (χ4v) is 2.64. The Bertz CT molecular complexity index is 546. The molecule has 0 atom stereocenters. The van der Waals surface area contributed by atoms with Gasteiger partial charge in [-0.2, -0.15) is 0 Å². The smallest absolute Gasteiger partial charge is 0.345 e. The third-order valence-electron chi connectivity index (χ3n) is 2.41. The van der Waals surface area contributed by atoms with Crippen molar-refractivity contribution < 1.29 is 9.90 Å². The summed E-state index contributed by atoms with van der Waals surface area (Å²) in [6, 6.07) is 3.63. The van der Waals surface area contributed by atoms with E-state index in [9.17, 15) is 4.79 Å². The Hall–Kier alpha value is -1.68. The highest BCUT2D eigenvalue weighted by atomic mass is 32.1. The highest BCUT2D eigenvalue weighted by Crippen LogP contribution is 2.33. The number of carboxylic acid groups (broad SMARTS) is 1. The van der Waals surface area contributed by atoms with Crippen LogP contribution in [0.1, 0.15) is 20.8 Å². The van der Waals surface area contributed by atoms with Crippen molar-refractivity contribution in [1.82, 2.24) is 4.98 Å². The molecular formula is C12H11NO2S. The number of hydrogen-bond acceptors (Lipinski definition) is 3. The maximum atomic E-state index is 10.9. The Kier molecular flexibility index (Phi) is 2.75. The van der Waals surface area contributed by atoms with E-state index in [0.717, 1.165) is 21.6 Å². The summed E-state index contributed by atoms with van der Waals surface area (Å²) in [5, 5.41) is 8.93. The van der Waals surface area contributed by atoms with Crippen LogP contribution in [0.5, 0.6) is 0 Å².